The molecular weight excluding hydrogens is 250 g/mol. The topological polar surface area (TPSA) is 46.4 Å². The summed E-state index contributed by atoms with van der Waals surface area (Å²) in [4.78, 5) is 16.2. The summed E-state index contributed by atoms with van der Waals surface area (Å²) in [5, 5.41) is 3.07. The van der Waals surface area contributed by atoms with Crippen molar-refractivity contribution < 1.29 is 4.79 Å². The number of amides is 1. The van der Waals surface area contributed by atoms with E-state index in [1.54, 1.807) is 12.3 Å². The number of aromatic nitrogens is 2. The lowest BCUT2D eigenvalue weighted by molar-refractivity contribution is -0.117. The molecule has 1 aliphatic carbocycles. The van der Waals surface area contributed by atoms with Crippen LogP contribution in [0.1, 0.15) is 37.8 Å². The molecule has 2 heterocycles. The lowest BCUT2D eigenvalue weighted by Crippen LogP contribution is -2.34. The number of carbonyl (C=O) groups is 1. The molecule has 0 atom stereocenters. The zero-order valence-electron chi connectivity index (χ0n) is 11.5. The Morgan fingerprint density at radius 2 is 2.15 bits per heavy atom. The third-order valence-corrected chi connectivity index (χ3v) is 3.80. The molecule has 0 aliphatic heterocycles. The van der Waals surface area contributed by atoms with E-state index in [0.29, 0.717) is 6.04 Å². The molecule has 1 N–H and O–H groups in total. The zero-order valence-corrected chi connectivity index (χ0v) is 11.5. The standard InChI is InChI=1S/C16H19N3O/c20-16(18-13-6-2-1-3-7-13)10-9-14-12-17-15-8-4-5-11-19(14)15/h4-5,8-13H,1-3,6-7H2,(H,18,20)/b10-9+. The predicted octanol–water partition coefficient (Wildman–Crippen LogP) is 2.80. The quantitative estimate of drug-likeness (QED) is 0.871. The smallest absolute Gasteiger partial charge is 0.244 e. The van der Waals surface area contributed by atoms with Gasteiger partial charge in [0.1, 0.15) is 5.65 Å². The molecule has 0 aromatic carbocycles. The Bertz CT molecular complexity index is 623. The fourth-order valence-corrected chi connectivity index (χ4v) is 2.73. The summed E-state index contributed by atoms with van der Waals surface area (Å²) >= 11 is 0. The highest BCUT2D eigenvalue weighted by Gasteiger charge is 2.14. The number of carbonyl (C=O) groups excluding carboxylic acids is 1. The molecule has 1 saturated carbocycles. The van der Waals surface area contributed by atoms with Gasteiger partial charge in [-0.05, 0) is 31.1 Å². The SMILES string of the molecule is O=C(/C=C/c1cnc2ccccn12)NC1CCCCC1. The van der Waals surface area contributed by atoms with Gasteiger partial charge in [0, 0.05) is 18.3 Å². The van der Waals surface area contributed by atoms with E-state index in [9.17, 15) is 4.79 Å². The van der Waals surface area contributed by atoms with Crippen LogP contribution in [0.5, 0.6) is 0 Å². The molecule has 0 saturated heterocycles. The van der Waals surface area contributed by atoms with Crippen LogP contribution < -0.4 is 5.32 Å². The van der Waals surface area contributed by atoms with Gasteiger partial charge in [0.05, 0.1) is 11.9 Å². The highest BCUT2D eigenvalue weighted by atomic mass is 16.1. The van der Waals surface area contributed by atoms with Gasteiger partial charge < -0.3 is 9.72 Å². The summed E-state index contributed by atoms with van der Waals surface area (Å²) in [5.41, 5.74) is 1.80. The minimum absolute atomic E-state index is 0.0113. The fraction of sp³-hybridized carbons (Fsp3) is 0.375. The molecular formula is C16H19N3O. The van der Waals surface area contributed by atoms with E-state index >= 15 is 0 Å². The van der Waals surface area contributed by atoms with Crippen molar-refractivity contribution in [2.24, 2.45) is 0 Å². The van der Waals surface area contributed by atoms with Crippen molar-refractivity contribution in [2.45, 2.75) is 38.1 Å². The molecule has 4 nitrogen and oxygen atoms in total. The maximum absolute atomic E-state index is 11.9. The second-order valence-corrected chi connectivity index (χ2v) is 5.29. The Labute approximate surface area is 118 Å². The molecule has 2 aromatic rings. The summed E-state index contributed by atoms with van der Waals surface area (Å²) in [7, 11) is 0. The van der Waals surface area contributed by atoms with E-state index in [1.807, 2.05) is 34.9 Å². The number of nitrogens with one attached hydrogen (secondary N) is 1. The predicted molar refractivity (Wildman–Crippen MR) is 79.2 cm³/mol. The Kier molecular flexibility index (Phi) is 3.81. The summed E-state index contributed by atoms with van der Waals surface area (Å²) in [6, 6.07) is 6.20. The summed E-state index contributed by atoms with van der Waals surface area (Å²) in [5.74, 6) is -0.0113. The molecule has 20 heavy (non-hydrogen) atoms. The summed E-state index contributed by atoms with van der Waals surface area (Å²) < 4.78 is 1.96. The van der Waals surface area contributed by atoms with Gasteiger partial charge in [0.15, 0.2) is 0 Å². The number of hydrogen-bond acceptors (Lipinski definition) is 2. The van der Waals surface area contributed by atoms with Crippen LogP contribution in [-0.2, 0) is 4.79 Å². The average molecular weight is 269 g/mol. The molecule has 3 rings (SSSR count). The monoisotopic (exact) mass is 269 g/mol. The maximum atomic E-state index is 11.9. The van der Waals surface area contributed by atoms with E-state index in [1.165, 1.54) is 19.3 Å². The van der Waals surface area contributed by atoms with Crippen LogP contribution in [-0.4, -0.2) is 21.3 Å². The molecule has 2 aromatic heterocycles. The van der Waals surface area contributed by atoms with Crippen molar-refractivity contribution >= 4 is 17.6 Å². The lowest BCUT2D eigenvalue weighted by atomic mass is 9.95. The van der Waals surface area contributed by atoms with Crippen LogP contribution in [0.15, 0.2) is 36.7 Å². The number of hydrogen-bond donors (Lipinski definition) is 1. The van der Waals surface area contributed by atoms with Gasteiger partial charge in [-0.25, -0.2) is 4.98 Å². The first-order chi connectivity index (χ1) is 9.83. The van der Waals surface area contributed by atoms with E-state index in [4.69, 9.17) is 0 Å². The number of nitrogens with zero attached hydrogens (tertiary/aromatic N) is 2. The first-order valence-electron chi connectivity index (χ1n) is 7.23. The molecule has 1 amide bonds. The second-order valence-electron chi connectivity index (χ2n) is 5.29. The Morgan fingerprint density at radius 3 is 3.00 bits per heavy atom. The van der Waals surface area contributed by atoms with Gasteiger partial charge in [-0.15, -0.1) is 0 Å². The molecule has 0 bridgehead atoms. The first kappa shape index (κ1) is 12.9. The van der Waals surface area contributed by atoms with Crippen LogP contribution in [0.2, 0.25) is 0 Å². The number of fused-ring (bicyclic) bond motifs is 1. The van der Waals surface area contributed by atoms with E-state index in [-0.39, 0.29) is 5.91 Å². The maximum Gasteiger partial charge on any atom is 0.244 e. The highest BCUT2D eigenvalue weighted by molar-refractivity contribution is 5.91. The van der Waals surface area contributed by atoms with Crippen LogP contribution in [0, 0.1) is 0 Å². The molecule has 1 aliphatic rings. The van der Waals surface area contributed by atoms with Crippen LogP contribution in [0.4, 0.5) is 0 Å². The van der Waals surface area contributed by atoms with Crippen molar-refractivity contribution in [3.05, 3.63) is 42.4 Å². The van der Waals surface area contributed by atoms with Crippen molar-refractivity contribution in [3.8, 4) is 0 Å². The molecule has 0 spiro atoms. The number of pyridine rings is 1. The molecule has 104 valence electrons. The van der Waals surface area contributed by atoms with Gasteiger partial charge in [-0.3, -0.25) is 4.79 Å². The summed E-state index contributed by atoms with van der Waals surface area (Å²) in [6.45, 7) is 0. The summed E-state index contributed by atoms with van der Waals surface area (Å²) in [6.07, 6.45) is 13.1. The fourth-order valence-electron chi connectivity index (χ4n) is 2.73. The Hall–Kier alpha value is -2.10. The van der Waals surface area contributed by atoms with Crippen LogP contribution in [0.25, 0.3) is 11.7 Å². The van der Waals surface area contributed by atoms with Crippen molar-refractivity contribution in [3.63, 3.8) is 0 Å². The Balaban J connectivity index is 1.65. The van der Waals surface area contributed by atoms with E-state index in [2.05, 4.69) is 10.3 Å². The highest BCUT2D eigenvalue weighted by Crippen LogP contribution is 2.17. The zero-order chi connectivity index (χ0) is 13.8. The van der Waals surface area contributed by atoms with Gasteiger partial charge in [-0.1, -0.05) is 25.3 Å². The average Bonchev–Trinajstić information content (AvgIpc) is 2.89. The van der Waals surface area contributed by atoms with Gasteiger partial charge in [0.25, 0.3) is 0 Å². The van der Waals surface area contributed by atoms with Crippen molar-refractivity contribution in [2.75, 3.05) is 0 Å². The third kappa shape index (κ3) is 2.90. The first-order valence-corrected chi connectivity index (χ1v) is 7.23. The molecule has 4 heteroatoms. The third-order valence-electron chi connectivity index (χ3n) is 3.80. The van der Waals surface area contributed by atoms with Gasteiger partial charge in [-0.2, -0.15) is 0 Å². The number of imidazole rings is 1. The minimum Gasteiger partial charge on any atom is -0.350 e. The van der Waals surface area contributed by atoms with Gasteiger partial charge >= 0.3 is 0 Å². The van der Waals surface area contributed by atoms with Gasteiger partial charge in [0.2, 0.25) is 5.91 Å². The minimum atomic E-state index is -0.0113. The van der Waals surface area contributed by atoms with Crippen molar-refractivity contribution in [1.29, 1.82) is 0 Å². The van der Waals surface area contributed by atoms with E-state index in [0.717, 1.165) is 24.2 Å². The van der Waals surface area contributed by atoms with Crippen molar-refractivity contribution in [1.82, 2.24) is 14.7 Å². The molecule has 0 radical (unpaired) electrons. The molecule has 1 fully saturated rings. The normalized spacial score (nSPS) is 16.8. The van der Waals surface area contributed by atoms with Crippen LogP contribution >= 0.6 is 0 Å². The molecule has 0 unspecified atom stereocenters. The number of rotatable bonds is 3. The van der Waals surface area contributed by atoms with E-state index < -0.39 is 0 Å². The Morgan fingerprint density at radius 1 is 1.30 bits per heavy atom. The lowest BCUT2D eigenvalue weighted by Gasteiger charge is -2.21. The van der Waals surface area contributed by atoms with Crippen LogP contribution in [0.3, 0.4) is 0 Å². The largest absolute Gasteiger partial charge is 0.350 e. The second kappa shape index (κ2) is 5.90.